The Morgan fingerprint density at radius 1 is 1.10 bits per heavy atom. The van der Waals surface area contributed by atoms with E-state index in [0.29, 0.717) is 21.9 Å². The maximum atomic E-state index is 12.4. The topological polar surface area (TPSA) is 30.2 Å². The van der Waals surface area contributed by atoms with E-state index >= 15 is 0 Å². The Morgan fingerprint density at radius 3 is 2.57 bits per heavy atom. The van der Waals surface area contributed by atoms with Crippen LogP contribution in [0.1, 0.15) is 35.0 Å². The first kappa shape index (κ1) is 13.9. The smallest absolute Gasteiger partial charge is 0.228 e. The average molecular weight is 299 g/mol. The van der Waals surface area contributed by atoms with Crippen molar-refractivity contribution in [3.63, 3.8) is 0 Å². The SMILES string of the molecule is CCCc1ccc(C(=O)c2cc3cc(Cl)ccc3o2)cc1. The van der Waals surface area contributed by atoms with Crippen molar-refractivity contribution in [1.82, 2.24) is 0 Å². The van der Waals surface area contributed by atoms with E-state index in [1.165, 1.54) is 5.56 Å². The van der Waals surface area contributed by atoms with Gasteiger partial charge >= 0.3 is 0 Å². The second-order valence-corrected chi connectivity index (χ2v) is 5.51. The zero-order chi connectivity index (χ0) is 14.8. The molecule has 0 aliphatic carbocycles. The van der Waals surface area contributed by atoms with E-state index in [1.807, 2.05) is 24.3 Å². The van der Waals surface area contributed by atoms with Gasteiger partial charge in [-0.25, -0.2) is 0 Å². The maximum absolute atomic E-state index is 12.4. The number of ketones is 1. The lowest BCUT2D eigenvalue weighted by molar-refractivity contribution is 0.101. The summed E-state index contributed by atoms with van der Waals surface area (Å²) < 4.78 is 5.61. The Morgan fingerprint density at radius 2 is 1.86 bits per heavy atom. The van der Waals surface area contributed by atoms with Gasteiger partial charge in [0, 0.05) is 16.0 Å². The summed E-state index contributed by atoms with van der Waals surface area (Å²) in [5.74, 6) is 0.237. The molecular weight excluding hydrogens is 284 g/mol. The van der Waals surface area contributed by atoms with Gasteiger partial charge in [-0.15, -0.1) is 0 Å². The van der Waals surface area contributed by atoms with E-state index in [1.54, 1.807) is 24.3 Å². The Balaban J connectivity index is 1.92. The molecule has 21 heavy (non-hydrogen) atoms. The van der Waals surface area contributed by atoms with Crippen LogP contribution in [0.4, 0.5) is 0 Å². The van der Waals surface area contributed by atoms with Crippen molar-refractivity contribution < 1.29 is 9.21 Å². The minimum Gasteiger partial charge on any atom is -0.453 e. The van der Waals surface area contributed by atoms with Gasteiger partial charge in [-0.2, -0.15) is 0 Å². The molecule has 0 fully saturated rings. The zero-order valence-electron chi connectivity index (χ0n) is 11.7. The van der Waals surface area contributed by atoms with Crippen LogP contribution in [0.3, 0.4) is 0 Å². The van der Waals surface area contributed by atoms with Crippen molar-refractivity contribution in [3.8, 4) is 0 Å². The highest BCUT2D eigenvalue weighted by molar-refractivity contribution is 6.31. The second kappa shape index (κ2) is 5.74. The summed E-state index contributed by atoms with van der Waals surface area (Å²) in [6.45, 7) is 2.14. The Kier molecular flexibility index (Phi) is 3.80. The van der Waals surface area contributed by atoms with Crippen LogP contribution in [0.2, 0.25) is 5.02 Å². The number of carbonyl (C=O) groups excluding carboxylic acids is 1. The second-order valence-electron chi connectivity index (χ2n) is 5.07. The normalized spacial score (nSPS) is 11.0. The van der Waals surface area contributed by atoms with Crippen LogP contribution in [-0.2, 0) is 6.42 Å². The lowest BCUT2D eigenvalue weighted by Crippen LogP contribution is -1.99. The molecule has 1 aromatic heterocycles. The van der Waals surface area contributed by atoms with Crippen LogP contribution in [0, 0.1) is 0 Å². The number of benzene rings is 2. The predicted molar refractivity (Wildman–Crippen MR) is 85.1 cm³/mol. The third-order valence-corrected chi connectivity index (χ3v) is 3.69. The van der Waals surface area contributed by atoms with Gasteiger partial charge in [-0.05, 0) is 36.2 Å². The Labute approximate surface area is 128 Å². The summed E-state index contributed by atoms with van der Waals surface area (Å²) in [6.07, 6.45) is 2.12. The molecule has 106 valence electrons. The number of hydrogen-bond donors (Lipinski definition) is 0. The van der Waals surface area contributed by atoms with Crippen molar-refractivity contribution in [1.29, 1.82) is 0 Å². The van der Waals surface area contributed by atoms with Crippen LogP contribution in [0.25, 0.3) is 11.0 Å². The van der Waals surface area contributed by atoms with Gasteiger partial charge in [-0.1, -0.05) is 49.2 Å². The summed E-state index contributed by atoms with van der Waals surface area (Å²) in [5.41, 5.74) is 2.55. The lowest BCUT2D eigenvalue weighted by Gasteiger charge is -2.01. The summed E-state index contributed by atoms with van der Waals surface area (Å²) in [4.78, 5) is 12.4. The molecule has 2 nitrogen and oxygen atoms in total. The molecule has 0 N–H and O–H groups in total. The van der Waals surface area contributed by atoms with E-state index in [0.717, 1.165) is 18.2 Å². The fraction of sp³-hybridized carbons (Fsp3) is 0.167. The Bertz CT molecular complexity index is 785. The zero-order valence-corrected chi connectivity index (χ0v) is 12.5. The highest BCUT2D eigenvalue weighted by Crippen LogP contribution is 2.24. The average Bonchev–Trinajstić information content (AvgIpc) is 2.90. The van der Waals surface area contributed by atoms with E-state index in [-0.39, 0.29) is 5.78 Å². The fourth-order valence-corrected chi connectivity index (χ4v) is 2.56. The third kappa shape index (κ3) is 2.86. The first-order chi connectivity index (χ1) is 10.2. The molecular formula is C18H15ClO2. The monoisotopic (exact) mass is 298 g/mol. The third-order valence-electron chi connectivity index (χ3n) is 3.46. The molecule has 0 radical (unpaired) electrons. The molecule has 0 saturated heterocycles. The highest BCUT2D eigenvalue weighted by Gasteiger charge is 2.14. The molecule has 0 spiro atoms. The molecule has 2 aromatic carbocycles. The van der Waals surface area contributed by atoms with Gasteiger partial charge in [0.1, 0.15) is 5.58 Å². The summed E-state index contributed by atoms with van der Waals surface area (Å²) in [7, 11) is 0. The van der Waals surface area contributed by atoms with E-state index < -0.39 is 0 Å². The molecule has 0 aliphatic rings. The van der Waals surface area contributed by atoms with Crippen LogP contribution >= 0.6 is 11.6 Å². The molecule has 3 aromatic rings. The molecule has 0 bridgehead atoms. The number of fused-ring (bicyclic) bond motifs is 1. The standard InChI is InChI=1S/C18H15ClO2/c1-2-3-12-4-6-13(7-5-12)18(20)17-11-14-10-15(19)8-9-16(14)21-17/h4-11H,2-3H2,1H3. The van der Waals surface area contributed by atoms with Crippen molar-refractivity contribution in [2.45, 2.75) is 19.8 Å². The predicted octanol–water partition coefficient (Wildman–Crippen LogP) is 5.27. The van der Waals surface area contributed by atoms with Crippen LogP contribution in [0.15, 0.2) is 52.9 Å². The van der Waals surface area contributed by atoms with Gasteiger partial charge in [0.05, 0.1) is 0 Å². The van der Waals surface area contributed by atoms with Gasteiger partial charge in [-0.3, -0.25) is 4.79 Å². The van der Waals surface area contributed by atoms with Crippen molar-refractivity contribution >= 4 is 28.4 Å². The maximum Gasteiger partial charge on any atom is 0.228 e. The number of halogens is 1. The van der Waals surface area contributed by atoms with Crippen molar-refractivity contribution in [3.05, 3.63) is 70.4 Å². The lowest BCUT2D eigenvalue weighted by atomic mass is 10.0. The molecule has 0 unspecified atom stereocenters. The minimum absolute atomic E-state index is 0.106. The quantitative estimate of drug-likeness (QED) is 0.614. The van der Waals surface area contributed by atoms with Crippen LogP contribution in [0.5, 0.6) is 0 Å². The van der Waals surface area contributed by atoms with Gasteiger partial charge in [0.25, 0.3) is 0 Å². The molecule has 0 amide bonds. The summed E-state index contributed by atoms with van der Waals surface area (Å²) >= 11 is 5.95. The number of rotatable bonds is 4. The molecule has 0 aliphatic heterocycles. The van der Waals surface area contributed by atoms with E-state index in [2.05, 4.69) is 6.92 Å². The number of carbonyl (C=O) groups is 1. The molecule has 1 heterocycles. The van der Waals surface area contributed by atoms with Crippen LogP contribution in [-0.4, -0.2) is 5.78 Å². The minimum atomic E-state index is -0.106. The van der Waals surface area contributed by atoms with E-state index in [9.17, 15) is 4.79 Å². The number of hydrogen-bond acceptors (Lipinski definition) is 2. The Hall–Kier alpha value is -2.06. The van der Waals surface area contributed by atoms with Crippen molar-refractivity contribution in [2.24, 2.45) is 0 Å². The number of aryl methyl sites for hydroxylation is 1. The summed E-state index contributed by atoms with van der Waals surface area (Å²) in [5, 5.41) is 1.47. The number of furan rings is 1. The largest absolute Gasteiger partial charge is 0.453 e. The highest BCUT2D eigenvalue weighted by atomic mass is 35.5. The van der Waals surface area contributed by atoms with Gasteiger partial charge in [0.2, 0.25) is 5.78 Å². The van der Waals surface area contributed by atoms with Gasteiger partial charge in [0.15, 0.2) is 5.76 Å². The molecule has 0 atom stereocenters. The van der Waals surface area contributed by atoms with Crippen molar-refractivity contribution in [2.75, 3.05) is 0 Å². The molecule has 3 heteroatoms. The first-order valence-corrected chi connectivity index (χ1v) is 7.38. The molecule has 0 saturated carbocycles. The molecule has 3 rings (SSSR count). The first-order valence-electron chi connectivity index (χ1n) is 7.00. The summed E-state index contributed by atoms with van der Waals surface area (Å²) in [6, 6.07) is 14.8. The fourth-order valence-electron chi connectivity index (χ4n) is 2.38. The van der Waals surface area contributed by atoms with Gasteiger partial charge < -0.3 is 4.42 Å². The van der Waals surface area contributed by atoms with E-state index in [4.69, 9.17) is 16.0 Å². The van der Waals surface area contributed by atoms with Crippen LogP contribution < -0.4 is 0 Å².